The number of aliphatic hydroxyl groups is 1. The lowest BCUT2D eigenvalue weighted by molar-refractivity contribution is 0.114. The minimum atomic E-state index is -0.172. The molecule has 3 nitrogen and oxygen atoms in total. The molecule has 1 saturated carbocycles. The number of hydrogen-bond acceptors (Lipinski definition) is 3. The van der Waals surface area contributed by atoms with Gasteiger partial charge in [0.1, 0.15) is 0 Å². The van der Waals surface area contributed by atoms with Gasteiger partial charge in [0.15, 0.2) is 0 Å². The SMILES string of the molecule is CCC(C#N)NC1(CO)CCCCC1. The fourth-order valence-electron chi connectivity index (χ4n) is 2.17. The molecule has 3 heteroatoms. The van der Waals surface area contributed by atoms with Crippen LogP contribution < -0.4 is 5.32 Å². The van der Waals surface area contributed by atoms with Crippen LogP contribution in [0.25, 0.3) is 0 Å². The summed E-state index contributed by atoms with van der Waals surface area (Å²) >= 11 is 0. The molecule has 0 aliphatic heterocycles. The van der Waals surface area contributed by atoms with E-state index in [-0.39, 0.29) is 18.2 Å². The fourth-order valence-corrected chi connectivity index (χ4v) is 2.17. The lowest BCUT2D eigenvalue weighted by Gasteiger charge is -2.38. The zero-order chi connectivity index (χ0) is 10.4. The molecule has 0 aromatic heterocycles. The first-order chi connectivity index (χ1) is 6.76. The lowest BCUT2D eigenvalue weighted by atomic mass is 9.81. The Morgan fingerprint density at radius 2 is 2.07 bits per heavy atom. The van der Waals surface area contributed by atoms with Crippen LogP contribution in [-0.2, 0) is 0 Å². The van der Waals surface area contributed by atoms with Gasteiger partial charge in [0.25, 0.3) is 0 Å². The van der Waals surface area contributed by atoms with Crippen LogP contribution in [0.4, 0.5) is 0 Å². The third-order valence-electron chi connectivity index (χ3n) is 3.16. The highest BCUT2D eigenvalue weighted by Gasteiger charge is 2.32. The summed E-state index contributed by atoms with van der Waals surface area (Å²) in [6, 6.07) is 2.13. The Morgan fingerprint density at radius 3 is 2.50 bits per heavy atom. The van der Waals surface area contributed by atoms with Crippen molar-refractivity contribution in [3.63, 3.8) is 0 Å². The van der Waals surface area contributed by atoms with Gasteiger partial charge in [-0.25, -0.2) is 0 Å². The highest BCUT2D eigenvalue weighted by Crippen LogP contribution is 2.28. The highest BCUT2D eigenvalue weighted by molar-refractivity contribution is 4.99. The van der Waals surface area contributed by atoms with Gasteiger partial charge in [-0.05, 0) is 19.3 Å². The summed E-state index contributed by atoms with van der Waals surface area (Å²) < 4.78 is 0. The van der Waals surface area contributed by atoms with Crippen LogP contribution >= 0.6 is 0 Å². The van der Waals surface area contributed by atoms with Crippen molar-refractivity contribution in [2.45, 2.75) is 57.0 Å². The second kappa shape index (κ2) is 5.33. The Bertz CT molecular complexity index is 204. The number of hydrogen-bond donors (Lipinski definition) is 2. The molecule has 0 spiro atoms. The zero-order valence-corrected chi connectivity index (χ0v) is 8.92. The largest absolute Gasteiger partial charge is 0.394 e. The average Bonchev–Trinajstić information content (AvgIpc) is 2.27. The van der Waals surface area contributed by atoms with Crippen LogP contribution in [0.15, 0.2) is 0 Å². The molecule has 14 heavy (non-hydrogen) atoms. The first-order valence-corrected chi connectivity index (χ1v) is 5.54. The molecule has 0 bridgehead atoms. The Labute approximate surface area is 86.1 Å². The van der Waals surface area contributed by atoms with E-state index >= 15 is 0 Å². The van der Waals surface area contributed by atoms with E-state index in [9.17, 15) is 5.11 Å². The quantitative estimate of drug-likeness (QED) is 0.717. The second-order valence-corrected chi connectivity index (χ2v) is 4.23. The Balaban J connectivity index is 2.55. The topological polar surface area (TPSA) is 56.0 Å². The molecule has 0 aromatic rings. The van der Waals surface area contributed by atoms with Crippen molar-refractivity contribution >= 4 is 0 Å². The molecule has 1 aliphatic rings. The van der Waals surface area contributed by atoms with Gasteiger partial charge in [-0.2, -0.15) is 5.26 Å². The van der Waals surface area contributed by atoms with Crippen molar-refractivity contribution in [1.82, 2.24) is 5.32 Å². The summed E-state index contributed by atoms with van der Waals surface area (Å²) in [6.45, 7) is 2.15. The minimum Gasteiger partial charge on any atom is -0.394 e. The number of rotatable bonds is 4. The summed E-state index contributed by atoms with van der Waals surface area (Å²) in [5.41, 5.74) is -0.172. The predicted octanol–water partition coefficient (Wildman–Crippen LogP) is 1.57. The van der Waals surface area contributed by atoms with Crippen LogP contribution in [0.2, 0.25) is 0 Å². The van der Waals surface area contributed by atoms with Gasteiger partial charge in [0.2, 0.25) is 0 Å². The molecule has 1 unspecified atom stereocenters. The van der Waals surface area contributed by atoms with Gasteiger partial charge >= 0.3 is 0 Å². The van der Waals surface area contributed by atoms with Crippen molar-refractivity contribution in [3.8, 4) is 6.07 Å². The van der Waals surface area contributed by atoms with Crippen molar-refractivity contribution < 1.29 is 5.11 Å². The summed E-state index contributed by atoms with van der Waals surface area (Å²) in [4.78, 5) is 0. The first-order valence-electron chi connectivity index (χ1n) is 5.54. The van der Waals surface area contributed by atoms with E-state index in [0.717, 1.165) is 32.1 Å². The van der Waals surface area contributed by atoms with E-state index in [1.165, 1.54) is 6.42 Å². The molecule has 80 valence electrons. The number of nitrogens with zero attached hydrogens (tertiary/aromatic N) is 1. The number of aliphatic hydroxyl groups excluding tert-OH is 1. The van der Waals surface area contributed by atoms with E-state index < -0.39 is 0 Å². The van der Waals surface area contributed by atoms with Gasteiger partial charge in [0.05, 0.1) is 18.7 Å². The molecule has 0 radical (unpaired) electrons. The van der Waals surface area contributed by atoms with Gasteiger partial charge in [-0.1, -0.05) is 26.2 Å². The molecule has 0 amide bonds. The van der Waals surface area contributed by atoms with Crippen LogP contribution in [-0.4, -0.2) is 23.3 Å². The minimum absolute atomic E-state index is 0.111. The van der Waals surface area contributed by atoms with Crippen LogP contribution in [0.3, 0.4) is 0 Å². The Hall–Kier alpha value is -0.590. The average molecular weight is 196 g/mol. The second-order valence-electron chi connectivity index (χ2n) is 4.23. The van der Waals surface area contributed by atoms with Crippen LogP contribution in [0.5, 0.6) is 0 Å². The summed E-state index contributed by atoms with van der Waals surface area (Å²) in [5.74, 6) is 0. The maximum atomic E-state index is 9.41. The summed E-state index contributed by atoms with van der Waals surface area (Å²) in [7, 11) is 0. The van der Waals surface area contributed by atoms with Gasteiger partial charge in [0, 0.05) is 5.54 Å². The summed E-state index contributed by atoms with van der Waals surface area (Å²) in [5, 5.41) is 21.6. The molecule has 1 aliphatic carbocycles. The normalized spacial score (nSPS) is 22.6. The van der Waals surface area contributed by atoms with E-state index in [4.69, 9.17) is 5.26 Å². The Morgan fingerprint density at radius 1 is 1.43 bits per heavy atom. The molecule has 0 saturated heterocycles. The standard InChI is InChI=1S/C11H20N2O/c1-2-10(8-12)13-11(9-14)6-4-3-5-7-11/h10,13-14H,2-7,9H2,1H3. The van der Waals surface area contributed by atoms with E-state index in [1.807, 2.05) is 6.92 Å². The highest BCUT2D eigenvalue weighted by atomic mass is 16.3. The molecule has 1 atom stereocenters. The van der Waals surface area contributed by atoms with Crippen molar-refractivity contribution in [2.75, 3.05) is 6.61 Å². The maximum absolute atomic E-state index is 9.41. The molecule has 2 N–H and O–H groups in total. The van der Waals surface area contributed by atoms with Gasteiger partial charge in [-0.3, -0.25) is 5.32 Å². The molecular formula is C11H20N2O. The predicted molar refractivity (Wildman–Crippen MR) is 55.7 cm³/mol. The number of nitriles is 1. The van der Waals surface area contributed by atoms with E-state index in [2.05, 4.69) is 11.4 Å². The van der Waals surface area contributed by atoms with Crippen molar-refractivity contribution in [2.24, 2.45) is 0 Å². The zero-order valence-electron chi connectivity index (χ0n) is 8.92. The lowest BCUT2D eigenvalue weighted by Crippen LogP contribution is -2.53. The number of nitrogens with one attached hydrogen (secondary N) is 1. The third-order valence-corrected chi connectivity index (χ3v) is 3.16. The van der Waals surface area contributed by atoms with E-state index in [1.54, 1.807) is 0 Å². The molecule has 0 aromatic carbocycles. The molecule has 1 fully saturated rings. The maximum Gasteiger partial charge on any atom is 0.0955 e. The fraction of sp³-hybridized carbons (Fsp3) is 0.909. The smallest absolute Gasteiger partial charge is 0.0955 e. The monoisotopic (exact) mass is 196 g/mol. The van der Waals surface area contributed by atoms with Crippen molar-refractivity contribution in [3.05, 3.63) is 0 Å². The molecule has 1 rings (SSSR count). The van der Waals surface area contributed by atoms with Gasteiger partial charge < -0.3 is 5.11 Å². The molecular weight excluding hydrogens is 176 g/mol. The first kappa shape index (κ1) is 11.5. The third kappa shape index (κ3) is 2.70. The van der Waals surface area contributed by atoms with E-state index in [0.29, 0.717) is 0 Å². The van der Waals surface area contributed by atoms with Crippen LogP contribution in [0.1, 0.15) is 45.4 Å². The Kier molecular flexibility index (Phi) is 4.37. The van der Waals surface area contributed by atoms with Crippen molar-refractivity contribution in [1.29, 1.82) is 5.26 Å². The van der Waals surface area contributed by atoms with Crippen LogP contribution in [0, 0.1) is 11.3 Å². The van der Waals surface area contributed by atoms with Gasteiger partial charge in [-0.15, -0.1) is 0 Å². The summed E-state index contributed by atoms with van der Waals surface area (Å²) in [6.07, 6.45) is 6.39. The molecule has 0 heterocycles.